The van der Waals surface area contributed by atoms with Gasteiger partial charge in [-0.25, -0.2) is 0 Å². The van der Waals surface area contributed by atoms with Gasteiger partial charge in [-0.15, -0.1) is 0 Å². The number of benzene rings is 2. The van der Waals surface area contributed by atoms with Gasteiger partial charge in [-0.2, -0.15) is 0 Å². The van der Waals surface area contributed by atoms with Crippen LogP contribution in [-0.4, -0.2) is 40.1 Å². The van der Waals surface area contributed by atoms with Crippen LogP contribution in [0.25, 0.3) is 0 Å². The smallest absolute Gasteiger partial charge is 0.258 e. The molecule has 6 heteroatoms. The van der Waals surface area contributed by atoms with Crippen molar-refractivity contribution in [3.63, 3.8) is 0 Å². The molecule has 0 aliphatic rings. The van der Waals surface area contributed by atoms with Crippen molar-refractivity contribution in [1.29, 1.82) is 0 Å². The number of anilines is 2. The molecule has 0 radical (unpaired) electrons. The van der Waals surface area contributed by atoms with Crippen molar-refractivity contribution >= 4 is 23.2 Å². The molecule has 0 aromatic heterocycles. The summed E-state index contributed by atoms with van der Waals surface area (Å²) >= 11 is 0. The van der Waals surface area contributed by atoms with Gasteiger partial charge in [0, 0.05) is 37.1 Å². The van der Waals surface area contributed by atoms with Crippen molar-refractivity contribution in [1.82, 2.24) is 0 Å². The molecule has 0 N–H and O–H groups in total. The molecule has 0 spiro atoms. The fourth-order valence-corrected chi connectivity index (χ4v) is 2.44. The fourth-order valence-electron chi connectivity index (χ4n) is 2.44. The van der Waals surface area contributed by atoms with Crippen LogP contribution in [-0.2, 0) is 4.79 Å². The zero-order chi connectivity index (χ0) is 19.3. The van der Waals surface area contributed by atoms with E-state index in [0.717, 1.165) is 0 Å². The molecule has 2 amide bonds. The highest BCUT2D eigenvalue weighted by atomic mass is 16.5. The Labute approximate surface area is 153 Å². The quantitative estimate of drug-likeness (QED) is 0.748. The number of likely N-dealkylation sites (N-methyl/N-ethyl adjacent to an activating group) is 1. The van der Waals surface area contributed by atoms with Crippen LogP contribution in [0.1, 0.15) is 10.4 Å². The maximum Gasteiger partial charge on any atom is 0.258 e. The van der Waals surface area contributed by atoms with Crippen molar-refractivity contribution in [2.75, 3.05) is 38.1 Å². The van der Waals surface area contributed by atoms with E-state index in [1.165, 1.54) is 15.9 Å². The number of carbonyl (C=O) groups excluding carboxylic acids is 2. The Morgan fingerprint density at radius 1 is 0.885 bits per heavy atom. The van der Waals surface area contributed by atoms with Gasteiger partial charge in [0.15, 0.2) is 11.5 Å². The Hall–Kier alpha value is -3.28. The van der Waals surface area contributed by atoms with Crippen LogP contribution >= 0.6 is 0 Å². The van der Waals surface area contributed by atoms with Gasteiger partial charge in [-0.3, -0.25) is 9.59 Å². The third kappa shape index (κ3) is 3.85. The van der Waals surface area contributed by atoms with E-state index in [2.05, 4.69) is 6.58 Å². The van der Waals surface area contributed by atoms with Crippen LogP contribution in [0.5, 0.6) is 11.5 Å². The zero-order valence-electron chi connectivity index (χ0n) is 15.4. The maximum atomic E-state index is 12.7. The van der Waals surface area contributed by atoms with Gasteiger partial charge in [-0.05, 0) is 42.5 Å². The SMILES string of the molecule is C=CC(=O)N(C)c1ccc(C(=O)N(C)c2ccc(OC)c(OC)c2)cc1. The summed E-state index contributed by atoms with van der Waals surface area (Å²) in [6, 6.07) is 12.1. The molecule has 0 atom stereocenters. The summed E-state index contributed by atoms with van der Waals surface area (Å²) in [6.45, 7) is 3.47. The van der Waals surface area contributed by atoms with E-state index in [0.29, 0.717) is 28.4 Å². The minimum atomic E-state index is -0.216. The highest BCUT2D eigenvalue weighted by molar-refractivity contribution is 6.06. The first-order chi connectivity index (χ1) is 12.4. The summed E-state index contributed by atoms with van der Waals surface area (Å²) in [7, 11) is 6.44. The Balaban J connectivity index is 2.23. The van der Waals surface area contributed by atoms with Gasteiger partial charge in [0.25, 0.3) is 5.91 Å². The lowest BCUT2D eigenvalue weighted by Gasteiger charge is -2.20. The molecule has 0 aliphatic carbocycles. The molecular formula is C20H22N2O4. The maximum absolute atomic E-state index is 12.7. The van der Waals surface area contributed by atoms with Gasteiger partial charge in [-0.1, -0.05) is 6.58 Å². The summed E-state index contributed by atoms with van der Waals surface area (Å²) in [6.07, 6.45) is 1.24. The number of rotatable bonds is 6. The molecule has 26 heavy (non-hydrogen) atoms. The Morgan fingerprint density at radius 3 is 2.00 bits per heavy atom. The molecule has 0 saturated heterocycles. The summed E-state index contributed by atoms with van der Waals surface area (Å²) < 4.78 is 10.5. The molecule has 0 saturated carbocycles. The third-order valence-corrected chi connectivity index (χ3v) is 4.07. The summed E-state index contributed by atoms with van der Waals surface area (Å²) in [5.74, 6) is 0.744. The molecule has 2 rings (SSSR count). The third-order valence-electron chi connectivity index (χ3n) is 4.07. The second kappa shape index (κ2) is 8.20. The number of hydrogen-bond donors (Lipinski definition) is 0. The largest absolute Gasteiger partial charge is 0.493 e. The molecule has 0 aliphatic heterocycles. The van der Waals surface area contributed by atoms with Gasteiger partial charge in [0.2, 0.25) is 5.91 Å². The summed E-state index contributed by atoms with van der Waals surface area (Å²) in [4.78, 5) is 27.4. The molecule has 0 unspecified atom stereocenters. The number of hydrogen-bond acceptors (Lipinski definition) is 4. The second-order valence-electron chi connectivity index (χ2n) is 5.55. The van der Waals surface area contributed by atoms with E-state index in [1.54, 1.807) is 70.8 Å². The number of amides is 2. The van der Waals surface area contributed by atoms with Crippen molar-refractivity contribution in [2.45, 2.75) is 0 Å². The summed E-state index contributed by atoms with van der Waals surface area (Å²) in [5.41, 5.74) is 1.86. The predicted octanol–water partition coefficient (Wildman–Crippen LogP) is 3.13. The molecule has 2 aromatic rings. The van der Waals surface area contributed by atoms with Crippen LogP contribution in [0.15, 0.2) is 55.1 Å². The number of nitrogens with zero attached hydrogens (tertiary/aromatic N) is 2. The molecule has 0 bridgehead atoms. The molecule has 0 heterocycles. The second-order valence-corrected chi connectivity index (χ2v) is 5.55. The topological polar surface area (TPSA) is 59.1 Å². The van der Waals surface area contributed by atoms with E-state index in [-0.39, 0.29) is 11.8 Å². The monoisotopic (exact) mass is 354 g/mol. The average Bonchev–Trinajstić information content (AvgIpc) is 2.70. The van der Waals surface area contributed by atoms with Crippen LogP contribution < -0.4 is 19.3 Å². The fraction of sp³-hybridized carbons (Fsp3) is 0.200. The Kier molecular flexibility index (Phi) is 6.01. The van der Waals surface area contributed by atoms with E-state index in [4.69, 9.17) is 9.47 Å². The van der Waals surface area contributed by atoms with Gasteiger partial charge >= 0.3 is 0 Å². The highest BCUT2D eigenvalue weighted by Gasteiger charge is 2.16. The summed E-state index contributed by atoms with van der Waals surface area (Å²) in [5, 5.41) is 0. The van der Waals surface area contributed by atoms with E-state index in [9.17, 15) is 9.59 Å². The van der Waals surface area contributed by atoms with Crippen molar-refractivity contribution in [3.8, 4) is 11.5 Å². The molecular weight excluding hydrogens is 332 g/mol. The highest BCUT2D eigenvalue weighted by Crippen LogP contribution is 2.31. The molecule has 0 fully saturated rings. The number of carbonyl (C=O) groups is 2. The predicted molar refractivity (Wildman–Crippen MR) is 102 cm³/mol. The minimum Gasteiger partial charge on any atom is -0.493 e. The lowest BCUT2D eigenvalue weighted by atomic mass is 10.1. The van der Waals surface area contributed by atoms with Crippen molar-refractivity contribution in [3.05, 3.63) is 60.7 Å². The van der Waals surface area contributed by atoms with Crippen molar-refractivity contribution < 1.29 is 19.1 Å². The van der Waals surface area contributed by atoms with E-state index >= 15 is 0 Å². The van der Waals surface area contributed by atoms with Crippen LogP contribution in [0.2, 0.25) is 0 Å². The van der Waals surface area contributed by atoms with Gasteiger partial charge < -0.3 is 19.3 Å². The average molecular weight is 354 g/mol. The standard InChI is InChI=1S/C20H22N2O4/c1-6-19(23)21(2)15-9-7-14(8-10-15)20(24)22(3)16-11-12-17(25-4)18(13-16)26-5/h6-13H,1H2,2-5H3. The minimum absolute atomic E-state index is 0.179. The van der Waals surface area contributed by atoms with Crippen LogP contribution in [0.3, 0.4) is 0 Å². The normalized spacial score (nSPS) is 10.0. The van der Waals surface area contributed by atoms with Crippen molar-refractivity contribution in [2.24, 2.45) is 0 Å². The first-order valence-corrected chi connectivity index (χ1v) is 7.93. The molecule has 136 valence electrons. The number of ether oxygens (including phenoxy) is 2. The van der Waals surface area contributed by atoms with Gasteiger partial charge in [0.1, 0.15) is 0 Å². The molecule has 2 aromatic carbocycles. The lowest BCUT2D eigenvalue weighted by Crippen LogP contribution is -2.27. The molecule has 6 nitrogen and oxygen atoms in total. The first kappa shape index (κ1) is 19.1. The number of methoxy groups -OCH3 is 2. The van der Waals surface area contributed by atoms with E-state index in [1.807, 2.05) is 0 Å². The Morgan fingerprint density at radius 2 is 1.46 bits per heavy atom. The van der Waals surface area contributed by atoms with Gasteiger partial charge in [0.05, 0.1) is 14.2 Å². The zero-order valence-corrected chi connectivity index (χ0v) is 15.4. The van der Waals surface area contributed by atoms with Crippen LogP contribution in [0, 0.1) is 0 Å². The first-order valence-electron chi connectivity index (χ1n) is 7.93. The lowest BCUT2D eigenvalue weighted by molar-refractivity contribution is -0.113. The van der Waals surface area contributed by atoms with Crippen LogP contribution in [0.4, 0.5) is 11.4 Å². The Bertz CT molecular complexity index is 815. The van der Waals surface area contributed by atoms with E-state index < -0.39 is 0 Å².